The highest BCUT2D eigenvalue weighted by Crippen LogP contribution is 2.43. The third-order valence-corrected chi connectivity index (χ3v) is 7.27. The van der Waals surface area contributed by atoms with E-state index < -0.39 is 17.8 Å². The number of rotatable bonds is 6. The third-order valence-electron chi connectivity index (χ3n) is 6.28. The van der Waals surface area contributed by atoms with Crippen LogP contribution in [0.2, 0.25) is 0 Å². The van der Waals surface area contributed by atoms with Gasteiger partial charge in [0.15, 0.2) is 5.69 Å². The zero-order valence-corrected chi connectivity index (χ0v) is 21.2. The van der Waals surface area contributed by atoms with Crippen LogP contribution in [-0.4, -0.2) is 41.5 Å². The molecule has 0 radical (unpaired) electrons. The van der Waals surface area contributed by atoms with Gasteiger partial charge in [-0.3, -0.25) is 9.59 Å². The molecule has 0 aliphatic carbocycles. The summed E-state index contributed by atoms with van der Waals surface area (Å²) < 4.78 is 6.04. The molecule has 9 nitrogen and oxygen atoms in total. The predicted octanol–water partition coefficient (Wildman–Crippen LogP) is 4.18. The van der Waals surface area contributed by atoms with E-state index in [1.165, 1.54) is 19.2 Å². The van der Waals surface area contributed by atoms with Crippen molar-refractivity contribution in [3.8, 4) is 27.3 Å². The largest absolute Gasteiger partial charge is 0.493 e. The van der Waals surface area contributed by atoms with Crippen LogP contribution in [0.5, 0.6) is 5.75 Å². The zero-order chi connectivity index (χ0) is 26.8. The summed E-state index contributed by atoms with van der Waals surface area (Å²) in [6, 6.07) is 15.5. The number of nitrogens with two attached hydrogens (primary N) is 1. The summed E-state index contributed by atoms with van der Waals surface area (Å²) in [6.45, 7) is 0.818. The molecule has 1 aliphatic heterocycles. The molecule has 5 rings (SSSR count). The van der Waals surface area contributed by atoms with Gasteiger partial charge in [0.25, 0.3) is 11.8 Å². The van der Waals surface area contributed by atoms with Crippen LogP contribution in [0.1, 0.15) is 42.5 Å². The summed E-state index contributed by atoms with van der Waals surface area (Å²) in [4.78, 5) is 43.1. The number of anilines is 1. The Morgan fingerprint density at radius 2 is 1.82 bits per heavy atom. The van der Waals surface area contributed by atoms with Crippen molar-refractivity contribution in [3.05, 3.63) is 88.1 Å². The number of nitrogens with one attached hydrogen (secondary N) is 2. The molecule has 3 heterocycles. The SMILES string of the molecule is CNC(=O)c1ccc(-c2cc3c(cc2C(=O)Nc2ccc(CN)cc2)-c2sccc2CCO3)c(C(=O)O)n1. The molecule has 0 bridgehead atoms. The second kappa shape index (κ2) is 10.4. The van der Waals surface area contributed by atoms with Gasteiger partial charge in [0, 0.05) is 52.8 Å². The van der Waals surface area contributed by atoms with Crippen molar-refractivity contribution in [3.63, 3.8) is 0 Å². The fraction of sp³-hybridized carbons (Fsp3) is 0.143. The molecule has 0 saturated carbocycles. The van der Waals surface area contributed by atoms with Crippen LogP contribution >= 0.6 is 11.3 Å². The molecule has 2 aromatic heterocycles. The average Bonchev–Trinajstić information content (AvgIpc) is 3.33. The normalized spacial score (nSPS) is 11.9. The Morgan fingerprint density at radius 3 is 2.53 bits per heavy atom. The Bertz CT molecular complexity index is 1560. The number of hydrogen-bond acceptors (Lipinski definition) is 7. The smallest absolute Gasteiger partial charge is 0.355 e. The van der Waals surface area contributed by atoms with Gasteiger partial charge in [-0.25, -0.2) is 9.78 Å². The average molecular weight is 529 g/mol. The van der Waals surface area contributed by atoms with Crippen LogP contribution < -0.4 is 21.1 Å². The molecule has 5 N–H and O–H groups in total. The number of hydrogen-bond donors (Lipinski definition) is 4. The van der Waals surface area contributed by atoms with Crippen LogP contribution in [0, 0.1) is 0 Å². The molecule has 0 spiro atoms. The Morgan fingerprint density at radius 1 is 1.03 bits per heavy atom. The summed E-state index contributed by atoms with van der Waals surface area (Å²) in [6.07, 6.45) is 0.709. The van der Waals surface area contributed by atoms with Gasteiger partial charge < -0.3 is 26.2 Å². The second-order valence-electron chi connectivity index (χ2n) is 8.60. The van der Waals surface area contributed by atoms with E-state index in [0.717, 1.165) is 21.6 Å². The molecule has 2 aromatic carbocycles. The number of pyridine rings is 1. The number of ether oxygens (including phenoxy) is 1. The van der Waals surface area contributed by atoms with Gasteiger partial charge in [0.05, 0.1) is 6.61 Å². The Kier molecular flexibility index (Phi) is 6.91. The number of amides is 2. The highest BCUT2D eigenvalue weighted by atomic mass is 32.1. The first-order chi connectivity index (χ1) is 18.4. The van der Waals surface area contributed by atoms with Crippen LogP contribution in [-0.2, 0) is 13.0 Å². The predicted molar refractivity (Wildman–Crippen MR) is 145 cm³/mol. The maximum absolute atomic E-state index is 13.7. The molecule has 0 atom stereocenters. The number of aromatic nitrogens is 1. The molecule has 2 amide bonds. The molecule has 10 heteroatoms. The lowest BCUT2D eigenvalue weighted by molar-refractivity contribution is 0.0691. The van der Waals surface area contributed by atoms with E-state index in [2.05, 4.69) is 15.6 Å². The first-order valence-electron chi connectivity index (χ1n) is 11.8. The fourth-order valence-corrected chi connectivity index (χ4v) is 5.32. The maximum Gasteiger partial charge on any atom is 0.355 e. The monoisotopic (exact) mass is 528 g/mol. The van der Waals surface area contributed by atoms with Crippen LogP contribution in [0.25, 0.3) is 21.6 Å². The molecule has 0 unspecified atom stereocenters. The molecule has 192 valence electrons. The van der Waals surface area contributed by atoms with Gasteiger partial charge in [-0.05, 0) is 59.0 Å². The second-order valence-corrected chi connectivity index (χ2v) is 9.52. The number of thiophene rings is 1. The number of aromatic carboxylic acids is 1. The zero-order valence-electron chi connectivity index (χ0n) is 20.4. The minimum absolute atomic E-state index is 0.0473. The van der Waals surface area contributed by atoms with E-state index in [1.807, 2.05) is 23.6 Å². The van der Waals surface area contributed by atoms with Crippen molar-refractivity contribution in [1.82, 2.24) is 10.3 Å². The molecular weight excluding hydrogens is 504 g/mol. The van der Waals surface area contributed by atoms with Crippen molar-refractivity contribution in [1.29, 1.82) is 0 Å². The van der Waals surface area contributed by atoms with Crippen molar-refractivity contribution >= 4 is 34.8 Å². The van der Waals surface area contributed by atoms with Crippen molar-refractivity contribution in [2.75, 3.05) is 19.0 Å². The summed E-state index contributed by atoms with van der Waals surface area (Å²) >= 11 is 1.55. The number of carboxylic acids is 1. The third kappa shape index (κ3) is 4.74. The van der Waals surface area contributed by atoms with Gasteiger partial charge >= 0.3 is 5.97 Å². The number of fused-ring (bicyclic) bond motifs is 3. The Hall–Kier alpha value is -4.54. The fourth-order valence-electron chi connectivity index (χ4n) is 4.34. The van der Waals surface area contributed by atoms with Crippen molar-refractivity contribution in [2.24, 2.45) is 5.73 Å². The first kappa shape index (κ1) is 25.1. The van der Waals surface area contributed by atoms with Crippen molar-refractivity contribution < 1.29 is 24.2 Å². The minimum atomic E-state index is -1.33. The van der Waals surface area contributed by atoms with Gasteiger partial charge in [0.2, 0.25) is 0 Å². The molecule has 38 heavy (non-hydrogen) atoms. The standard InChI is InChI=1S/C28H24N4O5S/c1-30-27(34)22-7-6-18(24(32-22)28(35)36)19-13-23-21(25-16(8-10-37-23)9-11-38-25)12-20(19)26(33)31-17-4-2-15(14-29)3-5-17/h2-7,9,11-13H,8,10,14,29H2,1H3,(H,30,34)(H,31,33)(H,35,36). The maximum atomic E-state index is 13.7. The lowest BCUT2D eigenvalue weighted by Gasteiger charge is -2.17. The van der Waals surface area contributed by atoms with Gasteiger partial charge in [-0.2, -0.15) is 0 Å². The Labute approximate surface area is 222 Å². The quantitative estimate of drug-likeness (QED) is 0.294. The number of carbonyl (C=O) groups excluding carboxylic acids is 2. The molecule has 0 saturated heterocycles. The summed E-state index contributed by atoms with van der Waals surface area (Å²) in [5.74, 6) is -1.74. The lowest BCUT2D eigenvalue weighted by atomic mass is 9.93. The highest BCUT2D eigenvalue weighted by molar-refractivity contribution is 7.13. The molecular formula is C28H24N4O5S. The van der Waals surface area contributed by atoms with Crippen LogP contribution in [0.3, 0.4) is 0 Å². The number of carboxylic acid groups (broad SMARTS) is 1. The van der Waals surface area contributed by atoms with E-state index in [1.54, 1.807) is 35.6 Å². The summed E-state index contributed by atoms with van der Waals surface area (Å²) in [5, 5.41) is 17.3. The highest BCUT2D eigenvalue weighted by Gasteiger charge is 2.26. The summed E-state index contributed by atoms with van der Waals surface area (Å²) in [7, 11) is 1.43. The van der Waals surface area contributed by atoms with Gasteiger partial charge in [0.1, 0.15) is 11.4 Å². The minimum Gasteiger partial charge on any atom is -0.493 e. The van der Waals surface area contributed by atoms with Gasteiger partial charge in [-0.15, -0.1) is 11.3 Å². The first-order valence-corrected chi connectivity index (χ1v) is 12.7. The Balaban J connectivity index is 1.69. The van der Waals surface area contributed by atoms with E-state index in [-0.39, 0.29) is 22.5 Å². The van der Waals surface area contributed by atoms with E-state index in [4.69, 9.17) is 10.5 Å². The molecule has 4 aromatic rings. The lowest BCUT2D eigenvalue weighted by Crippen LogP contribution is -2.21. The van der Waals surface area contributed by atoms with Gasteiger partial charge in [-0.1, -0.05) is 12.1 Å². The van der Waals surface area contributed by atoms with Crippen LogP contribution in [0.4, 0.5) is 5.69 Å². The van der Waals surface area contributed by atoms with E-state index in [0.29, 0.717) is 36.6 Å². The van der Waals surface area contributed by atoms with E-state index >= 15 is 0 Å². The van der Waals surface area contributed by atoms with Crippen molar-refractivity contribution in [2.45, 2.75) is 13.0 Å². The topological polar surface area (TPSA) is 144 Å². The van der Waals surface area contributed by atoms with Crippen LogP contribution in [0.15, 0.2) is 60.0 Å². The number of nitrogens with zero attached hydrogens (tertiary/aromatic N) is 1. The number of carbonyl (C=O) groups is 3. The molecule has 1 aliphatic rings. The summed E-state index contributed by atoms with van der Waals surface area (Å²) in [5.41, 5.74) is 9.41. The van der Waals surface area contributed by atoms with E-state index in [9.17, 15) is 19.5 Å². The molecule has 0 fully saturated rings. The number of benzene rings is 2.